The highest BCUT2D eigenvalue weighted by Crippen LogP contribution is 2.35. The summed E-state index contributed by atoms with van der Waals surface area (Å²) in [5.41, 5.74) is 3.01. The van der Waals surface area contributed by atoms with Gasteiger partial charge in [-0.2, -0.15) is 0 Å². The molecule has 12 nitrogen and oxygen atoms in total. The first kappa shape index (κ1) is 34.7. The number of nitrogens with zero attached hydrogens (tertiary/aromatic N) is 4. The van der Waals surface area contributed by atoms with Crippen molar-refractivity contribution in [2.75, 3.05) is 13.1 Å². The number of carbonyl (C=O) groups excluding carboxylic acids is 3. The Hall–Kier alpha value is -5.13. The lowest BCUT2D eigenvalue weighted by atomic mass is 10.1. The third-order valence-corrected chi connectivity index (χ3v) is 9.06. The Morgan fingerprint density at radius 3 is 1.66 bits per heavy atom. The van der Waals surface area contributed by atoms with Crippen molar-refractivity contribution in [2.45, 2.75) is 91.0 Å². The van der Waals surface area contributed by atoms with Gasteiger partial charge in [0.15, 0.2) is 0 Å². The lowest BCUT2D eigenvalue weighted by Gasteiger charge is -2.27. The fraction of sp³-hybridized carbons (Fsp3) is 0.447. The number of hydrogen-bond acceptors (Lipinski definition) is 7. The molecule has 2 aromatic heterocycles. The van der Waals surface area contributed by atoms with E-state index in [1.165, 1.54) is 0 Å². The van der Waals surface area contributed by atoms with Crippen LogP contribution in [0, 0.1) is 5.92 Å². The van der Waals surface area contributed by atoms with Gasteiger partial charge in [-0.05, 0) is 113 Å². The molecule has 6 rings (SSSR count). The van der Waals surface area contributed by atoms with E-state index < -0.39 is 17.7 Å². The molecule has 2 aliphatic heterocycles. The number of aromatic amines is 2. The number of benzene rings is 2. The topological polar surface area (TPSA) is 146 Å². The van der Waals surface area contributed by atoms with Crippen LogP contribution in [0.1, 0.15) is 91.0 Å². The maximum atomic E-state index is 13.3. The first-order valence-corrected chi connectivity index (χ1v) is 17.5. The van der Waals surface area contributed by atoms with Crippen molar-refractivity contribution in [3.63, 3.8) is 0 Å². The number of alkyl carbamates (subject to hydrolysis) is 1. The molecule has 3 atom stereocenters. The minimum atomic E-state index is -0.725. The number of imidazole rings is 2. The molecule has 2 aromatic carbocycles. The molecule has 3 amide bonds. The smallest absolute Gasteiger partial charge is 0.408 e. The summed E-state index contributed by atoms with van der Waals surface area (Å²) in [6.45, 7) is 12.3. The summed E-state index contributed by atoms with van der Waals surface area (Å²) in [5.74, 6) is 2.90. The van der Waals surface area contributed by atoms with Crippen LogP contribution >= 0.6 is 0 Å². The lowest BCUT2D eigenvalue weighted by molar-refractivity contribution is -0.135. The predicted octanol–water partition coefficient (Wildman–Crippen LogP) is 7.16. The monoisotopic (exact) mass is 681 g/mol. The van der Waals surface area contributed by atoms with Gasteiger partial charge in [0.2, 0.25) is 11.8 Å². The van der Waals surface area contributed by atoms with Crippen molar-refractivity contribution in [3.05, 3.63) is 72.6 Å². The maximum Gasteiger partial charge on any atom is 0.408 e. The maximum absolute atomic E-state index is 13.3. The van der Waals surface area contributed by atoms with Crippen molar-refractivity contribution in [2.24, 2.45) is 5.92 Å². The third kappa shape index (κ3) is 7.85. The summed E-state index contributed by atoms with van der Waals surface area (Å²) < 4.78 is 11.4. The molecule has 4 aromatic rings. The molecule has 12 heteroatoms. The zero-order chi connectivity index (χ0) is 35.6. The van der Waals surface area contributed by atoms with E-state index in [4.69, 9.17) is 9.47 Å². The van der Waals surface area contributed by atoms with Crippen molar-refractivity contribution in [1.29, 1.82) is 0 Å². The summed E-state index contributed by atoms with van der Waals surface area (Å²) in [6.07, 6.45) is 6.51. The molecule has 4 heterocycles. The van der Waals surface area contributed by atoms with Crippen molar-refractivity contribution in [3.8, 4) is 34.0 Å². The standard InChI is InChI=1S/C38H47N7O5/c1-23(2)35(46)44-19-7-9-31(44)33-39-21-29(42-33)25-11-15-27(16-12-25)49-28-17-13-26(14-18-28)30-22-40-34(43-30)32-10-8-20-45(32)36(47)24(3)41-37(48)50-38(4,5)6/h11-18,21-24,31-32H,7-10,19-20H2,1-6H3,(H,39,42)(H,40,43)(H,41,48)/t24-,31+,32+/m1/s1. The molecule has 0 unspecified atom stereocenters. The summed E-state index contributed by atoms with van der Waals surface area (Å²) in [5, 5.41) is 2.66. The van der Waals surface area contributed by atoms with E-state index in [-0.39, 0.29) is 29.8 Å². The van der Waals surface area contributed by atoms with Gasteiger partial charge < -0.3 is 34.6 Å². The molecule has 2 aliphatic rings. The van der Waals surface area contributed by atoms with E-state index >= 15 is 0 Å². The average molecular weight is 682 g/mol. The molecule has 0 radical (unpaired) electrons. The first-order chi connectivity index (χ1) is 23.9. The molecular formula is C38H47N7O5. The summed E-state index contributed by atoms with van der Waals surface area (Å²) in [7, 11) is 0. The fourth-order valence-electron chi connectivity index (χ4n) is 6.60. The second kappa shape index (κ2) is 14.4. The Labute approximate surface area is 293 Å². The van der Waals surface area contributed by atoms with Gasteiger partial charge in [0.1, 0.15) is 34.8 Å². The van der Waals surface area contributed by atoms with Gasteiger partial charge in [-0.3, -0.25) is 9.59 Å². The zero-order valence-electron chi connectivity index (χ0n) is 29.7. The van der Waals surface area contributed by atoms with E-state index in [0.717, 1.165) is 60.6 Å². The molecule has 2 saturated heterocycles. The molecule has 0 saturated carbocycles. The van der Waals surface area contributed by atoms with Gasteiger partial charge >= 0.3 is 6.09 Å². The van der Waals surface area contributed by atoms with Gasteiger partial charge in [-0.15, -0.1) is 0 Å². The van der Waals surface area contributed by atoms with Gasteiger partial charge in [0.25, 0.3) is 0 Å². The van der Waals surface area contributed by atoms with Crippen molar-refractivity contribution in [1.82, 2.24) is 35.1 Å². The van der Waals surface area contributed by atoms with Crippen LogP contribution in [0.2, 0.25) is 0 Å². The Bertz CT molecular complexity index is 1810. The van der Waals surface area contributed by atoms with Gasteiger partial charge in [0, 0.05) is 19.0 Å². The number of nitrogens with one attached hydrogen (secondary N) is 3. The first-order valence-electron chi connectivity index (χ1n) is 17.5. The number of rotatable bonds is 9. The summed E-state index contributed by atoms with van der Waals surface area (Å²) in [6, 6.07) is 14.6. The number of likely N-dealkylation sites (tertiary alicyclic amines) is 2. The van der Waals surface area contributed by atoms with Crippen LogP contribution in [-0.4, -0.2) is 72.4 Å². The van der Waals surface area contributed by atoms with Crippen molar-refractivity contribution >= 4 is 17.9 Å². The fourth-order valence-corrected chi connectivity index (χ4v) is 6.60. The predicted molar refractivity (Wildman–Crippen MR) is 189 cm³/mol. The highest BCUT2D eigenvalue weighted by Gasteiger charge is 2.35. The van der Waals surface area contributed by atoms with Crippen LogP contribution in [0.15, 0.2) is 60.9 Å². The third-order valence-electron chi connectivity index (χ3n) is 9.06. The van der Waals surface area contributed by atoms with Crippen LogP contribution in [0.4, 0.5) is 4.79 Å². The average Bonchev–Trinajstić information content (AvgIpc) is 3.90. The second-order valence-electron chi connectivity index (χ2n) is 14.4. The Morgan fingerprint density at radius 1 is 0.760 bits per heavy atom. The summed E-state index contributed by atoms with van der Waals surface area (Å²) in [4.78, 5) is 58.0. The van der Waals surface area contributed by atoms with E-state index in [1.54, 1.807) is 38.8 Å². The lowest BCUT2D eigenvalue weighted by Crippen LogP contribution is -2.48. The molecular weight excluding hydrogens is 634 g/mol. The molecule has 0 spiro atoms. The van der Waals surface area contributed by atoms with Crippen LogP contribution in [0.3, 0.4) is 0 Å². The van der Waals surface area contributed by atoms with E-state index in [9.17, 15) is 14.4 Å². The highest BCUT2D eigenvalue weighted by atomic mass is 16.6. The van der Waals surface area contributed by atoms with Crippen LogP contribution in [-0.2, 0) is 14.3 Å². The van der Waals surface area contributed by atoms with E-state index in [0.29, 0.717) is 23.9 Å². The molecule has 3 N–H and O–H groups in total. The molecule has 264 valence electrons. The molecule has 0 aliphatic carbocycles. The highest BCUT2D eigenvalue weighted by molar-refractivity contribution is 5.86. The van der Waals surface area contributed by atoms with Gasteiger partial charge in [0.05, 0.1) is 35.9 Å². The minimum Gasteiger partial charge on any atom is -0.457 e. The number of amides is 3. The van der Waals surface area contributed by atoms with Gasteiger partial charge in [-0.1, -0.05) is 13.8 Å². The van der Waals surface area contributed by atoms with E-state index in [1.807, 2.05) is 73.5 Å². The number of H-pyrrole nitrogens is 2. The number of carbonyl (C=O) groups is 3. The minimum absolute atomic E-state index is 0.0113. The zero-order valence-corrected chi connectivity index (χ0v) is 29.7. The largest absolute Gasteiger partial charge is 0.457 e. The number of hydrogen-bond donors (Lipinski definition) is 3. The van der Waals surface area contributed by atoms with Crippen molar-refractivity contribution < 1.29 is 23.9 Å². The molecule has 0 bridgehead atoms. The summed E-state index contributed by atoms with van der Waals surface area (Å²) >= 11 is 0. The van der Waals surface area contributed by atoms with Crippen LogP contribution < -0.4 is 10.1 Å². The Balaban J connectivity index is 1.05. The molecule has 50 heavy (non-hydrogen) atoms. The van der Waals surface area contributed by atoms with E-state index in [2.05, 4.69) is 25.3 Å². The second-order valence-corrected chi connectivity index (χ2v) is 14.4. The number of aromatic nitrogens is 4. The Morgan fingerprint density at radius 2 is 1.22 bits per heavy atom. The number of ether oxygens (including phenoxy) is 2. The van der Waals surface area contributed by atoms with Crippen LogP contribution in [0.25, 0.3) is 22.5 Å². The quantitative estimate of drug-likeness (QED) is 0.170. The van der Waals surface area contributed by atoms with Crippen LogP contribution in [0.5, 0.6) is 11.5 Å². The van der Waals surface area contributed by atoms with Gasteiger partial charge in [-0.25, -0.2) is 14.8 Å². The molecule has 2 fully saturated rings. The Kier molecular flexibility index (Phi) is 9.99. The normalized spacial score (nSPS) is 18.4. The SMILES string of the molecule is CC(C)C(=O)N1CCC[C@H]1c1ncc(-c2ccc(Oc3ccc(-c4cnc([C@@H]5CCCN5C(=O)[C@@H](C)NC(=O)OC(C)(C)C)[nH]4)cc3)cc2)[nH]1.